The van der Waals surface area contributed by atoms with E-state index in [1.54, 1.807) is 18.4 Å². The van der Waals surface area contributed by atoms with Crippen LogP contribution in [0.15, 0.2) is 58.0 Å². The van der Waals surface area contributed by atoms with Crippen LogP contribution >= 0.6 is 0 Å². The van der Waals surface area contributed by atoms with Crippen molar-refractivity contribution in [3.63, 3.8) is 0 Å². The van der Waals surface area contributed by atoms with Gasteiger partial charge in [-0.25, -0.2) is 13.1 Å². The zero-order valence-corrected chi connectivity index (χ0v) is 20.1. The molecule has 0 saturated carbocycles. The van der Waals surface area contributed by atoms with Gasteiger partial charge >= 0.3 is 0 Å². The van der Waals surface area contributed by atoms with E-state index in [1.165, 1.54) is 24.8 Å². The number of sulfonamides is 1. The first-order chi connectivity index (χ1) is 16.3. The lowest BCUT2D eigenvalue weighted by atomic mass is 9.74. The molecular weight excluding hydrogens is 454 g/mol. The number of benzene rings is 1. The predicted octanol–water partition coefficient (Wildman–Crippen LogP) is 2.79. The van der Waals surface area contributed by atoms with Crippen LogP contribution in [0.3, 0.4) is 0 Å². The molecule has 0 spiro atoms. The van der Waals surface area contributed by atoms with Gasteiger partial charge in [0.2, 0.25) is 15.9 Å². The van der Waals surface area contributed by atoms with Gasteiger partial charge in [0, 0.05) is 50.4 Å². The molecule has 2 N–H and O–H groups in total. The predicted molar refractivity (Wildman–Crippen MR) is 128 cm³/mol. The molecule has 34 heavy (non-hydrogen) atoms. The Bertz CT molecular complexity index is 1270. The van der Waals surface area contributed by atoms with Crippen LogP contribution in [0.2, 0.25) is 0 Å². The summed E-state index contributed by atoms with van der Waals surface area (Å²) in [6.07, 6.45) is 3.69. The van der Waals surface area contributed by atoms with Gasteiger partial charge in [-0.2, -0.15) is 5.10 Å². The third-order valence-electron chi connectivity index (χ3n) is 6.94. The Morgan fingerprint density at radius 2 is 2.03 bits per heavy atom. The molecule has 3 aromatic rings. The number of piperidine rings is 3. The number of anilines is 1. The fraction of sp³-hybridized carbons (Fsp3) is 0.417. The van der Waals surface area contributed by atoms with E-state index in [0.29, 0.717) is 24.1 Å². The van der Waals surface area contributed by atoms with Crippen molar-refractivity contribution in [1.82, 2.24) is 19.4 Å². The van der Waals surface area contributed by atoms with Crippen molar-refractivity contribution in [2.45, 2.75) is 36.6 Å². The van der Waals surface area contributed by atoms with Crippen molar-refractivity contribution in [3.8, 4) is 11.5 Å². The summed E-state index contributed by atoms with van der Waals surface area (Å²) >= 11 is 0. The van der Waals surface area contributed by atoms with E-state index >= 15 is 0 Å². The molecule has 180 valence electrons. The number of hydrogen-bond acceptors (Lipinski definition) is 6. The molecule has 5 heterocycles. The summed E-state index contributed by atoms with van der Waals surface area (Å²) in [7, 11) is -1.66. The number of rotatable bonds is 7. The van der Waals surface area contributed by atoms with Gasteiger partial charge < -0.3 is 9.73 Å². The van der Waals surface area contributed by atoms with Gasteiger partial charge in [-0.3, -0.25) is 14.4 Å². The quantitative estimate of drug-likeness (QED) is 0.535. The summed E-state index contributed by atoms with van der Waals surface area (Å²) in [5.74, 6) is 1.41. The van der Waals surface area contributed by atoms with Crippen molar-refractivity contribution in [1.29, 1.82) is 0 Å². The SMILES string of the molecule is CC(=O)Nc1ccc(S(=O)(=O)NCC2CC3CCN2CC3c2cc(-c3ccco3)nn2C)cc1. The highest BCUT2D eigenvalue weighted by Gasteiger charge is 2.42. The van der Waals surface area contributed by atoms with E-state index in [1.807, 2.05) is 23.9 Å². The van der Waals surface area contributed by atoms with E-state index in [-0.39, 0.29) is 16.8 Å². The topological polar surface area (TPSA) is 109 Å². The summed E-state index contributed by atoms with van der Waals surface area (Å²) in [5, 5.41) is 7.29. The Labute approximate surface area is 199 Å². The number of nitrogens with zero attached hydrogens (tertiary/aromatic N) is 3. The average Bonchev–Trinajstić information content (AvgIpc) is 3.48. The highest BCUT2D eigenvalue weighted by molar-refractivity contribution is 7.89. The number of hydrogen-bond donors (Lipinski definition) is 2. The number of aromatic nitrogens is 2. The van der Waals surface area contributed by atoms with Crippen LogP contribution in [-0.2, 0) is 21.9 Å². The highest BCUT2D eigenvalue weighted by Crippen LogP contribution is 2.42. The summed E-state index contributed by atoms with van der Waals surface area (Å²) in [6.45, 7) is 3.65. The molecule has 3 saturated heterocycles. The normalized spacial score (nSPS) is 24.3. The summed E-state index contributed by atoms with van der Waals surface area (Å²) in [5.41, 5.74) is 2.60. The second kappa shape index (κ2) is 9.01. The molecule has 4 unspecified atom stereocenters. The molecule has 6 rings (SSSR count). The first kappa shape index (κ1) is 22.8. The smallest absolute Gasteiger partial charge is 0.240 e. The maximum absolute atomic E-state index is 12.8. The number of carbonyl (C=O) groups is 1. The Hall–Kier alpha value is -2.95. The fourth-order valence-electron chi connectivity index (χ4n) is 5.27. The molecule has 0 radical (unpaired) electrons. The van der Waals surface area contributed by atoms with E-state index in [4.69, 9.17) is 4.42 Å². The van der Waals surface area contributed by atoms with Crippen LogP contribution < -0.4 is 10.0 Å². The van der Waals surface area contributed by atoms with Crippen molar-refractivity contribution in [2.24, 2.45) is 13.0 Å². The molecule has 3 fully saturated rings. The molecule has 10 heteroatoms. The number of amides is 1. The molecule has 1 aromatic carbocycles. The second-order valence-electron chi connectivity index (χ2n) is 9.15. The van der Waals surface area contributed by atoms with Crippen molar-refractivity contribution < 1.29 is 17.6 Å². The number of aryl methyl sites for hydroxylation is 1. The maximum Gasteiger partial charge on any atom is 0.240 e. The molecule has 1 amide bonds. The fourth-order valence-corrected chi connectivity index (χ4v) is 6.34. The summed E-state index contributed by atoms with van der Waals surface area (Å²) in [4.78, 5) is 13.8. The standard InChI is InChI=1S/C24H29N5O4S/c1-16(30)26-18-5-7-20(8-6-18)34(31,32)25-14-19-12-17-9-10-29(19)15-21(17)23-13-22(27-28(23)2)24-4-3-11-33-24/h3-8,11,13,17,19,21,25H,9-10,12,14-15H2,1-2H3,(H,26,30). The first-order valence-electron chi connectivity index (χ1n) is 11.5. The van der Waals surface area contributed by atoms with Crippen LogP contribution in [-0.4, -0.2) is 54.7 Å². The molecule has 2 aromatic heterocycles. The van der Waals surface area contributed by atoms with Crippen LogP contribution in [0, 0.1) is 5.92 Å². The van der Waals surface area contributed by atoms with Gasteiger partial charge in [0.15, 0.2) is 5.76 Å². The number of nitrogens with one attached hydrogen (secondary N) is 2. The van der Waals surface area contributed by atoms with Gasteiger partial charge in [-0.1, -0.05) is 0 Å². The second-order valence-corrected chi connectivity index (χ2v) is 10.9. The number of furan rings is 1. The van der Waals surface area contributed by atoms with Crippen LogP contribution in [0.25, 0.3) is 11.5 Å². The van der Waals surface area contributed by atoms with Crippen LogP contribution in [0.1, 0.15) is 31.4 Å². The van der Waals surface area contributed by atoms with Crippen molar-refractivity contribution in [3.05, 3.63) is 54.4 Å². The lowest BCUT2D eigenvalue weighted by Crippen LogP contribution is -2.56. The van der Waals surface area contributed by atoms with E-state index in [2.05, 4.69) is 26.1 Å². The minimum atomic E-state index is -3.63. The molecule has 3 aliphatic heterocycles. The van der Waals surface area contributed by atoms with Gasteiger partial charge in [0.05, 0.1) is 11.2 Å². The molecule has 0 aliphatic carbocycles. The maximum atomic E-state index is 12.8. The van der Waals surface area contributed by atoms with Crippen LogP contribution in [0.5, 0.6) is 0 Å². The van der Waals surface area contributed by atoms with E-state index < -0.39 is 10.0 Å². The Kier molecular flexibility index (Phi) is 6.05. The largest absolute Gasteiger partial charge is 0.463 e. The van der Waals surface area contributed by atoms with E-state index in [9.17, 15) is 13.2 Å². The average molecular weight is 484 g/mol. The molecule has 9 nitrogen and oxygen atoms in total. The lowest BCUT2D eigenvalue weighted by molar-refractivity contribution is -0.114. The molecule has 3 aliphatic rings. The zero-order chi connectivity index (χ0) is 23.9. The van der Waals surface area contributed by atoms with Gasteiger partial charge in [-0.05, 0) is 67.8 Å². The number of carbonyl (C=O) groups excluding carboxylic acids is 1. The van der Waals surface area contributed by atoms with E-state index in [0.717, 1.165) is 37.4 Å². The number of fused-ring (bicyclic) bond motifs is 3. The third-order valence-corrected chi connectivity index (χ3v) is 8.38. The minimum absolute atomic E-state index is 0.168. The minimum Gasteiger partial charge on any atom is -0.463 e. The van der Waals surface area contributed by atoms with Crippen molar-refractivity contribution >= 4 is 21.6 Å². The van der Waals surface area contributed by atoms with Crippen LogP contribution in [0.4, 0.5) is 5.69 Å². The molecule has 2 bridgehead atoms. The van der Waals surface area contributed by atoms with Crippen molar-refractivity contribution in [2.75, 3.05) is 25.0 Å². The lowest BCUT2D eigenvalue weighted by Gasteiger charge is -2.49. The zero-order valence-electron chi connectivity index (χ0n) is 19.3. The summed E-state index contributed by atoms with van der Waals surface area (Å²) in [6, 6.07) is 12.3. The monoisotopic (exact) mass is 483 g/mol. The Morgan fingerprint density at radius 3 is 2.68 bits per heavy atom. The third kappa shape index (κ3) is 4.53. The van der Waals surface area contributed by atoms with Gasteiger partial charge in [0.25, 0.3) is 0 Å². The Morgan fingerprint density at radius 1 is 1.24 bits per heavy atom. The van der Waals surface area contributed by atoms with Gasteiger partial charge in [0.1, 0.15) is 5.69 Å². The first-order valence-corrected chi connectivity index (χ1v) is 13.0. The Balaban J connectivity index is 1.23. The molecular formula is C24H29N5O4S. The highest BCUT2D eigenvalue weighted by atomic mass is 32.2. The summed E-state index contributed by atoms with van der Waals surface area (Å²) < 4.78 is 35.9. The van der Waals surface area contributed by atoms with Gasteiger partial charge in [-0.15, -0.1) is 0 Å². The molecule has 4 atom stereocenters.